The lowest BCUT2D eigenvalue weighted by Gasteiger charge is -2.44. The predicted molar refractivity (Wildman–Crippen MR) is 283 cm³/mol. The van der Waals surface area contributed by atoms with Crippen LogP contribution in [0.5, 0.6) is 0 Å². The number of benzene rings is 1. The summed E-state index contributed by atoms with van der Waals surface area (Å²) in [6, 6.07) is 8.68. The van der Waals surface area contributed by atoms with Crippen LogP contribution in [-0.2, 0) is 42.9 Å². The molecule has 3 fully saturated rings. The molecule has 2 bridgehead atoms. The Morgan fingerprint density at radius 3 is 2.26 bits per heavy atom. The van der Waals surface area contributed by atoms with Gasteiger partial charge in [-0.25, -0.2) is 4.79 Å². The van der Waals surface area contributed by atoms with Gasteiger partial charge in [0.25, 0.3) is 11.7 Å². The Morgan fingerprint density at radius 1 is 0.822 bits per heavy atom. The number of hydrogen-bond acceptors (Lipinski definition) is 13. The van der Waals surface area contributed by atoms with Crippen molar-refractivity contribution in [3.05, 3.63) is 77.9 Å². The molecule has 3 N–H and O–H groups in total. The van der Waals surface area contributed by atoms with Crippen molar-refractivity contribution in [1.29, 1.82) is 0 Å². The summed E-state index contributed by atoms with van der Waals surface area (Å²) >= 11 is 0. The van der Waals surface area contributed by atoms with Gasteiger partial charge in [-0.3, -0.25) is 14.4 Å². The zero-order valence-electron chi connectivity index (χ0n) is 45.7. The highest BCUT2D eigenvalue weighted by atomic mass is 16.6. The van der Waals surface area contributed by atoms with Crippen molar-refractivity contribution in [2.45, 2.75) is 186 Å². The van der Waals surface area contributed by atoms with Gasteiger partial charge in [-0.05, 0) is 139 Å². The number of carbonyl (C=O) groups is 4. The summed E-state index contributed by atoms with van der Waals surface area (Å²) in [6.45, 7) is 14.7. The molecule has 14 heteroatoms. The Morgan fingerprint density at radius 2 is 1.56 bits per heavy atom. The van der Waals surface area contributed by atoms with Gasteiger partial charge in [0.15, 0.2) is 5.78 Å². The first-order chi connectivity index (χ1) is 34.8. The van der Waals surface area contributed by atoms with Crippen molar-refractivity contribution in [2.75, 3.05) is 45.9 Å². The maximum Gasteiger partial charge on any atom is 0.329 e. The molecule has 1 aliphatic carbocycles. The number of rotatable bonds is 10. The first-order valence-corrected chi connectivity index (χ1v) is 27.2. The van der Waals surface area contributed by atoms with Gasteiger partial charge < -0.3 is 48.8 Å². The molecule has 0 radical (unpaired) electrons. The van der Waals surface area contributed by atoms with Crippen LogP contribution in [0.1, 0.15) is 132 Å². The normalized spacial score (nSPS) is 37.2. The number of carbonyl (C=O) groups excluding carboxylic acids is 4. The lowest BCUT2D eigenvalue weighted by molar-refractivity contribution is -0.263. The van der Waals surface area contributed by atoms with E-state index in [0.29, 0.717) is 95.8 Å². The molecule has 1 aromatic rings. The van der Waals surface area contributed by atoms with Gasteiger partial charge in [0.05, 0.1) is 31.0 Å². The van der Waals surface area contributed by atoms with E-state index < -0.39 is 65.9 Å². The second-order valence-corrected chi connectivity index (χ2v) is 22.0. The van der Waals surface area contributed by atoms with Crippen LogP contribution in [-0.4, -0.2) is 139 Å². The Labute approximate surface area is 436 Å². The summed E-state index contributed by atoms with van der Waals surface area (Å²) in [6.07, 6.45) is 15.0. The number of amides is 1. The average Bonchev–Trinajstić information content (AvgIpc) is 3.38. The van der Waals surface area contributed by atoms with Crippen molar-refractivity contribution >= 4 is 29.1 Å². The number of anilines is 1. The van der Waals surface area contributed by atoms with Crippen LogP contribution in [0, 0.1) is 35.5 Å². The van der Waals surface area contributed by atoms with Crippen LogP contribution in [0.25, 0.3) is 0 Å². The molecule has 1 saturated carbocycles. The molecule has 0 spiro atoms. The zero-order valence-corrected chi connectivity index (χ0v) is 45.7. The van der Waals surface area contributed by atoms with Crippen LogP contribution >= 0.6 is 0 Å². The second kappa shape index (κ2) is 28.8. The fraction of sp³-hybridized carbons (Fsp3) is 0.695. The highest BCUT2D eigenvalue weighted by Crippen LogP contribution is 2.39. The highest BCUT2D eigenvalue weighted by Gasteiger charge is 2.53. The number of aliphatic hydroxyl groups is 3. The minimum absolute atomic E-state index is 0.0434. The Kier molecular flexibility index (Phi) is 23.6. The van der Waals surface area contributed by atoms with Crippen molar-refractivity contribution in [3.8, 4) is 0 Å². The van der Waals surface area contributed by atoms with Crippen LogP contribution in [0.4, 0.5) is 5.69 Å². The van der Waals surface area contributed by atoms with Gasteiger partial charge in [-0.1, -0.05) is 94.8 Å². The molecule has 3 heterocycles. The number of nitrogens with zero attached hydrogens (tertiary/aromatic N) is 2. The zero-order chi connectivity index (χ0) is 53.4. The van der Waals surface area contributed by atoms with Crippen molar-refractivity contribution in [1.82, 2.24) is 4.90 Å². The minimum atomic E-state index is -2.42. The van der Waals surface area contributed by atoms with E-state index >= 15 is 0 Å². The van der Waals surface area contributed by atoms with Crippen molar-refractivity contribution < 1.29 is 58.2 Å². The van der Waals surface area contributed by atoms with Crippen LogP contribution in [0.2, 0.25) is 0 Å². The number of fused-ring (bicyclic) bond motifs is 3. The largest absolute Gasteiger partial charge is 0.461 e. The van der Waals surface area contributed by atoms with Crippen LogP contribution in [0.15, 0.2) is 77.9 Å². The number of piperidine rings is 1. The summed E-state index contributed by atoms with van der Waals surface area (Å²) in [5.41, 5.74) is 2.57. The number of aliphatic hydroxyl groups excluding tert-OH is 2. The van der Waals surface area contributed by atoms with E-state index in [2.05, 4.69) is 24.8 Å². The van der Waals surface area contributed by atoms with Crippen LogP contribution < -0.4 is 4.90 Å². The van der Waals surface area contributed by atoms with Gasteiger partial charge in [-0.15, -0.1) is 0 Å². The number of Topliss-reactive ketones (excluding diaryl/α,β-unsaturated/α-hetero) is 2. The van der Waals surface area contributed by atoms with Crippen molar-refractivity contribution in [2.24, 2.45) is 35.5 Å². The molecule has 408 valence electrons. The van der Waals surface area contributed by atoms with E-state index in [-0.39, 0.29) is 54.1 Å². The summed E-state index contributed by atoms with van der Waals surface area (Å²) in [7, 11) is 4.72. The van der Waals surface area contributed by atoms with E-state index in [0.717, 1.165) is 17.7 Å². The smallest absolute Gasteiger partial charge is 0.329 e. The maximum atomic E-state index is 14.6. The highest BCUT2D eigenvalue weighted by molar-refractivity contribution is 6.39. The number of ether oxygens (including phenoxy) is 5. The topological polar surface area (TPSA) is 182 Å². The molecule has 5 rings (SSSR count). The summed E-state index contributed by atoms with van der Waals surface area (Å²) in [5, 5.41) is 34.5. The molecule has 1 amide bonds. The van der Waals surface area contributed by atoms with Crippen molar-refractivity contribution in [3.63, 3.8) is 0 Å². The molecular weight excluding hydrogens is 929 g/mol. The van der Waals surface area contributed by atoms with E-state index in [1.807, 2.05) is 81.5 Å². The molecule has 0 aromatic heterocycles. The molecule has 4 aliphatic rings. The number of ketones is 2. The third-order valence-corrected chi connectivity index (χ3v) is 16.3. The average molecular weight is 1020 g/mol. The fourth-order valence-corrected chi connectivity index (χ4v) is 11.7. The molecule has 73 heavy (non-hydrogen) atoms. The van der Waals surface area contributed by atoms with E-state index in [9.17, 15) is 34.5 Å². The van der Waals surface area contributed by atoms with Gasteiger partial charge in [0.2, 0.25) is 5.79 Å². The third kappa shape index (κ3) is 16.2. The minimum Gasteiger partial charge on any atom is -0.461 e. The quantitative estimate of drug-likeness (QED) is 0.115. The Balaban J connectivity index is 1.52. The molecule has 1 aromatic carbocycles. The Bertz CT molecular complexity index is 2060. The number of allylic oxidation sites excluding steroid dienone is 6. The van der Waals surface area contributed by atoms with Gasteiger partial charge >= 0.3 is 5.97 Å². The molecule has 3 unspecified atom stereocenters. The molecule has 15 atom stereocenters. The lowest BCUT2D eigenvalue weighted by atomic mass is 9.78. The molecule has 14 nitrogen and oxygen atoms in total. The molecule has 3 aliphatic heterocycles. The maximum absolute atomic E-state index is 14.6. The number of cyclic esters (lactones) is 1. The molecule has 2 saturated heterocycles. The number of methoxy groups -OCH3 is 3. The number of para-hydroxylation sites is 1. The lowest BCUT2D eigenvalue weighted by Crippen LogP contribution is -2.61. The van der Waals surface area contributed by atoms with Gasteiger partial charge in [-0.2, -0.15) is 0 Å². The van der Waals surface area contributed by atoms with E-state index in [1.54, 1.807) is 28.1 Å². The summed E-state index contributed by atoms with van der Waals surface area (Å²) < 4.78 is 29.9. The SMILES string of the molecule is COCCN(c1ccccc1)C1CC2CCC(C)[C@@](O)(O2)C(=O)C(=O)N2CCCC[C@H]2C(=O)O[C@H]([C@H](C)C[C@@H]2CC[C@@H](O)[C@H](OC)C2)CC[C@H](C)/C=C(\C)[C@@H](O)[C@@H](OC)C(=O)[C@H](C)C[C@H](C)/C=C/C=C/C=C/1C. The number of esters is 1. The van der Waals surface area contributed by atoms with E-state index in [1.165, 1.54) is 12.0 Å². The third-order valence-electron chi connectivity index (χ3n) is 16.3. The standard InChI is InChI=1S/C59H90N2O12/c1-38-19-13-11-14-20-40(3)49(60(31-32-69-8)46-21-15-12-16-22-46)37-47-27-25-44(7)59(68,73-47)56(65)57(66)61-30-18-17-23-48(61)58(67)72-51(41(4)35-45-26-28-50(62)52(36-45)70-9)29-24-39(2)34-43(6)54(64)55(71-10)53(63)42(5)33-38/h11-16,19-22,34,38-39,41-42,44-45,47-52,54-55,62,64,68H,17-18,23-33,35-37H2,1-10H3/b14-11+,19-13+,40-20+,43-34+/t38-,39+,41-,42-,44?,45+,47?,48+,49?,50-,51+,52-,54-,55+,59-/m1/s1. The first kappa shape index (κ1) is 59.9. The predicted octanol–water partition coefficient (Wildman–Crippen LogP) is 8.51. The summed E-state index contributed by atoms with van der Waals surface area (Å²) in [4.78, 5) is 61.2. The molecular formula is C59H90N2O12. The summed E-state index contributed by atoms with van der Waals surface area (Å²) in [5.74, 6) is -6.25. The van der Waals surface area contributed by atoms with Crippen LogP contribution in [0.3, 0.4) is 0 Å². The van der Waals surface area contributed by atoms with Gasteiger partial charge in [0.1, 0.15) is 24.4 Å². The monoisotopic (exact) mass is 1020 g/mol. The van der Waals surface area contributed by atoms with Gasteiger partial charge in [0, 0.05) is 51.9 Å². The Hall–Kier alpha value is -4.02. The first-order valence-electron chi connectivity index (χ1n) is 27.2. The number of hydrogen-bond donors (Lipinski definition) is 3. The second-order valence-electron chi connectivity index (χ2n) is 22.0. The van der Waals surface area contributed by atoms with E-state index in [4.69, 9.17) is 23.7 Å². The fourth-order valence-electron chi connectivity index (χ4n) is 11.7.